The molecule has 1 N–H and O–H groups in total. The minimum Gasteiger partial charge on any atom is -0.459 e. The van der Waals surface area contributed by atoms with Crippen molar-refractivity contribution in [3.8, 4) is 0 Å². The molecule has 8 heteroatoms. The first-order chi connectivity index (χ1) is 12.1. The number of rotatable bonds is 4. The molecule has 1 aliphatic rings. The molecule has 2 heterocycles. The van der Waals surface area contributed by atoms with Gasteiger partial charge in [0.1, 0.15) is 17.2 Å². The highest BCUT2D eigenvalue weighted by atomic mass is 127. The number of aliphatic imine (C=N–C) groups is 1. The van der Waals surface area contributed by atoms with Crippen LogP contribution in [0.2, 0.25) is 0 Å². The van der Waals surface area contributed by atoms with E-state index in [1.165, 1.54) is 12.1 Å². The predicted molar refractivity (Wildman–Crippen MR) is 110 cm³/mol. The highest BCUT2D eigenvalue weighted by molar-refractivity contribution is 14.0. The Morgan fingerprint density at radius 3 is 3.00 bits per heavy atom. The van der Waals surface area contributed by atoms with Crippen LogP contribution in [0.25, 0.3) is 11.0 Å². The van der Waals surface area contributed by atoms with E-state index >= 15 is 0 Å². The number of nitrogens with zero attached hydrogens (tertiary/aromatic N) is 2. The monoisotopic (exact) mass is 477 g/mol. The van der Waals surface area contributed by atoms with Crippen molar-refractivity contribution >= 4 is 40.9 Å². The smallest absolute Gasteiger partial charge is 0.194 e. The standard InChI is InChI=1S/C18H24FN3O3.HI/c1-12-15-8-13(19)4-5-16(15)25-17(12)9-21-18(20-2)22-6-7-24-14(10-22)11-23-3;/h4-5,8,14H,6-7,9-11H2,1-3H3,(H,20,21);1H. The van der Waals surface area contributed by atoms with Crippen molar-refractivity contribution in [1.82, 2.24) is 10.2 Å². The van der Waals surface area contributed by atoms with E-state index in [1.54, 1.807) is 20.2 Å². The van der Waals surface area contributed by atoms with Crippen molar-refractivity contribution in [1.29, 1.82) is 0 Å². The zero-order valence-corrected chi connectivity index (χ0v) is 17.6. The predicted octanol–water partition coefficient (Wildman–Crippen LogP) is 2.92. The molecule has 1 atom stereocenters. The number of fused-ring (bicyclic) bond motifs is 1. The summed E-state index contributed by atoms with van der Waals surface area (Å²) in [6.07, 6.45) is 0.0354. The highest BCUT2D eigenvalue weighted by Crippen LogP contribution is 2.25. The number of nitrogens with one attached hydrogen (secondary N) is 1. The Balaban J connectivity index is 0.00000243. The summed E-state index contributed by atoms with van der Waals surface area (Å²) in [5.41, 5.74) is 1.63. The molecule has 1 unspecified atom stereocenters. The lowest BCUT2D eigenvalue weighted by Gasteiger charge is -2.34. The summed E-state index contributed by atoms with van der Waals surface area (Å²) in [6.45, 7) is 5.11. The van der Waals surface area contributed by atoms with Crippen LogP contribution in [0, 0.1) is 12.7 Å². The van der Waals surface area contributed by atoms with Gasteiger partial charge < -0.3 is 24.1 Å². The molecule has 1 saturated heterocycles. The summed E-state index contributed by atoms with van der Waals surface area (Å²) in [5, 5.41) is 4.13. The lowest BCUT2D eigenvalue weighted by atomic mass is 10.1. The van der Waals surface area contributed by atoms with E-state index < -0.39 is 0 Å². The lowest BCUT2D eigenvalue weighted by molar-refractivity contribution is -0.0447. The van der Waals surface area contributed by atoms with Crippen molar-refractivity contribution in [2.75, 3.05) is 40.5 Å². The number of benzene rings is 1. The van der Waals surface area contributed by atoms with Gasteiger partial charge >= 0.3 is 0 Å². The topological polar surface area (TPSA) is 59.2 Å². The van der Waals surface area contributed by atoms with Gasteiger partial charge in [-0.15, -0.1) is 24.0 Å². The van der Waals surface area contributed by atoms with Crippen LogP contribution in [0.4, 0.5) is 4.39 Å². The van der Waals surface area contributed by atoms with Crippen LogP contribution in [0.5, 0.6) is 0 Å². The largest absolute Gasteiger partial charge is 0.459 e. The summed E-state index contributed by atoms with van der Waals surface area (Å²) >= 11 is 0. The van der Waals surface area contributed by atoms with Gasteiger partial charge in [0, 0.05) is 38.2 Å². The summed E-state index contributed by atoms with van der Waals surface area (Å²) in [4.78, 5) is 6.50. The number of methoxy groups -OCH3 is 1. The van der Waals surface area contributed by atoms with Crippen molar-refractivity contribution in [3.05, 3.63) is 35.3 Å². The number of guanidine groups is 1. The molecular weight excluding hydrogens is 452 g/mol. The van der Waals surface area contributed by atoms with E-state index in [2.05, 4.69) is 15.2 Å². The molecule has 1 aromatic heterocycles. The van der Waals surface area contributed by atoms with E-state index in [-0.39, 0.29) is 35.9 Å². The Hall–Kier alpha value is -1.39. The normalized spacial score (nSPS) is 18.1. The molecule has 0 amide bonds. The zero-order valence-electron chi connectivity index (χ0n) is 15.3. The van der Waals surface area contributed by atoms with Gasteiger partial charge in [0.25, 0.3) is 0 Å². The highest BCUT2D eigenvalue weighted by Gasteiger charge is 2.23. The molecule has 1 aromatic carbocycles. The molecule has 1 fully saturated rings. The quantitative estimate of drug-likeness (QED) is 0.417. The van der Waals surface area contributed by atoms with Gasteiger partial charge in [-0.2, -0.15) is 0 Å². The van der Waals surface area contributed by atoms with E-state index in [1.807, 2.05) is 6.92 Å². The van der Waals surface area contributed by atoms with Gasteiger partial charge in [-0.05, 0) is 25.1 Å². The molecule has 0 radical (unpaired) electrons. The number of aryl methyl sites for hydroxylation is 1. The molecule has 1 aliphatic heterocycles. The van der Waals surface area contributed by atoms with Crippen LogP contribution in [0.1, 0.15) is 11.3 Å². The van der Waals surface area contributed by atoms with Gasteiger partial charge in [0.2, 0.25) is 0 Å². The first-order valence-corrected chi connectivity index (χ1v) is 8.36. The molecule has 2 aromatic rings. The van der Waals surface area contributed by atoms with E-state index in [9.17, 15) is 4.39 Å². The third kappa shape index (κ3) is 4.66. The molecule has 0 aliphatic carbocycles. The minimum absolute atomic E-state index is 0. The molecule has 3 rings (SSSR count). The van der Waals surface area contributed by atoms with E-state index in [4.69, 9.17) is 13.9 Å². The molecular formula is C18H25FIN3O3. The van der Waals surface area contributed by atoms with Crippen molar-refractivity contribution in [2.45, 2.75) is 19.6 Å². The first-order valence-electron chi connectivity index (χ1n) is 8.36. The van der Waals surface area contributed by atoms with Crippen LogP contribution in [-0.4, -0.2) is 57.4 Å². The maximum atomic E-state index is 13.4. The SMILES string of the molecule is CN=C(NCc1oc2ccc(F)cc2c1C)N1CCOC(COC)C1.I. The average molecular weight is 477 g/mol. The van der Waals surface area contributed by atoms with Crippen LogP contribution >= 0.6 is 24.0 Å². The third-order valence-electron chi connectivity index (χ3n) is 4.41. The van der Waals surface area contributed by atoms with Crippen molar-refractivity contribution in [3.63, 3.8) is 0 Å². The van der Waals surface area contributed by atoms with Crippen molar-refractivity contribution in [2.24, 2.45) is 4.99 Å². The molecule has 26 heavy (non-hydrogen) atoms. The van der Waals surface area contributed by atoms with Gasteiger partial charge in [-0.3, -0.25) is 4.99 Å². The summed E-state index contributed by atoms with van der Waals surface area (Å²) in [6, 6.07) is 4.57. The van der Waals surface area contributed by atoms with Crippen LogP contribution in [-0.2, 0) is 16.0 Å². The van der Waals surface area contributed by atoms with Crippen molar-refractivity contribution < 1.29 is 18.3 Å². The minimum atomic E-state index is -0.260. The summed E-state index contributed by atoms with van der Waals surface area (Å²) in [5.74, 6) is 1.31. The third-order valence-corrected chi connectivity index (χ3v) is 4.41. The maximum absolute atomic E-state index is 13.4. The zero-order chi connectivity index (χ0) is 17.8. The first kappa shape index (κ1) is 20.9. The fourth-order valence-corrected chi connectivity index (χ4v) is 3.10. The molecule has 0 spiro atoms. The number of halogens is 2. The molecule has 0 saturated carbocycles. The van der Waals surface area contributed by atoms with Crippen LogP contribution < -0.4 is 5.32 Å². The molecule has 0 bridgehead atoms. The maximum Gasteiger partial charge on any atom is 0.194 e. The number of hydrogen-bond acceptors (Lipinski definition) is 4. The number of ether oxygens (including phenoxy) is 2. The average Bonchev–Trinajstić information content (AvgIpc) is 2.92. The van der Waals surface area contributed by atoms with Gasteiger partial charge in [-0.25, -0.2) is 4.39 Å². The summed E-state index contributed by atoms with van der Waals surface area (Å²) < 4.78 is 30.1. The second-order valence-electron chi connectivity index (χ2n) is 6.09. The van der Waals surface area contributed by atoms with Crippen LogP contribution in [0.15, 0.2) is 27.6 Å². The van der Waals surface area contributed by atoms with Gasteiger partial charge in [-0.1, -0.05) is 0 Å². The Morgan fingerprint density at radius 2 is 2.27 bits per heavy atom. The second-order valence-corrected chi connectivity index (χ2v) is 6.09. The number of furan rings is 1. The lowest BCUT2D eigenvalue weighted by Crippen LogP contribution is -2.51. The van der Waals surface area contributed by atoms with Gasteiger partial charge in [0.05, 0.1) is 25.9 Å². The number of morpholine rings is 1. The fraction of sp³-hybridized carbons (Fsp3) is 0.500. The van der Waals surface area contributed by atoms with Crippen LogP contribution in [0.3, 0.4) is 0 Å². The Kier molecular flexibility index (Phi) is 7.66. The summed E-state index contributed by atoms with van der Waals surface area (Å²) in [7, 11) is 3.42. The fourth-order valence-electron chi connectivity index (χ4n) is 3.10. The number of hydrogen-bond donors (Lipinski definition) is 1. The Morgan fingerprint density at radius 1 is 1.46 bits per heavy atom. The Labute approximate surface area is 169 Å². The molecule has 144 valence electrons. The Bertz CT molecular complexity index is 763. The molecule has 6 nitrogen and oxygen atoms in total. The second kappa shape index (κ2) is 9.52. The van der Waals surface area contributed by atoms with E-state index in [0.29, 0.717) is 25.3 Å². The van der Waals surface area contributed by atoms with Gasteiger partial charge in [0.15, 0.2) is 5.96 Å². The van der Waals surface area contributed by atoms with E-state index in [0.717, 1.165) is 35.8 Å².